The molecule has 0 radical (unpaired) electrons. The van der Waals surface area contributed by atoms with Gasteiger partial charge in [-0.2, -0.15) is 0 Å². The van der Waals surface area contributed by atoms with Crippen molar-refractivity contribution in [2.45, 2.75) is 10.6 Å². The Labute approximate surface area is 131 Å². The third kappa shape index (κ3) is 3.65. The average Bonchev–Trinajstić information content (AvgIpc) is 2.83. The van der Waals surface area contributed by atoms with Gasteiger partial charge in [0.1, 0.15) is 4.21 Å². The molecule has 0 unspecified atom stereocenters. The smallest absolute Gasteiger partial charge is 0.271 e. The standard InChI is InChI=1S/C12H11Cl2NO3S2/c13-10-3-1-8(7-11(10)14)15-20(17,18)12-4-2-9(19-12)5-6-16/h1-4,7,15-16H,5-6H2. The van der Waals surface area contributed by atoms with E-state index in [2.05, 4.69) is 4.72 Å². The van der Waals surface area contributed by atoms with Gasteiger partial charge in [-0.3, -0.25) is 4.72 Å². The fourth-order valence-corrected chi connectivity index (χ4v) is 4.20. The zero-order chi connectivity index (χ0) is 14.8. The first-order valence-electron chi connectivity index (χ1n) is 5.60. The van der Waals surface area contributed by atoms with Crippen LogP contribution in [0.1, 0.15) is 4.88 Å². The number of hydrogen-bond acceptors (Lipinski definition) is 4. The number of rotatable bonds is 5. The van der Waals surface area contributed by atoms with Gasteiger partial charge in [-0.15, -0.1) is 11.3 Å². The molecule has 2 rings (SSSR count). The zero-order valence-electron chi connectivity index (χ0n) is 10.1. The predicted molar refractivity (Wildman–Crippen MR) is 82.4 cm³/mol. The third-order valence-corrected chi connectivity index (χ3v) is 6.19. The number of anilines is 1. The Hall–Kier alpha value is -0.790. The van der Waals surface area contributed by atoms with Crippen LogP contribution in [0.3, 0.4) is 0 Å². The minimum Gasteiger partial charge on any atom is -0.396 e. The Balaban J connectivity index is 2.23. The van der Waals surface area contributed by atoms with Crippen LogP contribution < -0.4 is 4.72 Å². The van der Waals surface area contributed by atoms with Crippen molar-refractivity contribution >= 4 is 50.2 Å². The summed E-state index contributed by atoms with van der Waals surface area (Å²) in [5.74, 6) is 0. The Kier molecular flexibility index (Phi) is 4.93. The molecule has 1 aromatic carbocycles. The van der Waals surface area contributed by atoms with E-state index in [0.717, 1.165) is 16.2 Å². The molecule has 0 aliphatic carbocycles. The highest BCUT2D eigenvalue weighted by Gasteiger charge is 2.17. The molecule has 8 heteroatoms. The predicted octanol–water partition coefficient (Wildman–Crippen LogP) is 3.39. The Bertz CT molecular complexity index is 713. The van der Waals surface area contributed by atoms with Gasteiger partial charge < -0.3 is 5.11 Å². The van der Waals surface area contributed by atoms with Crippen molar-refractivity contribution in [2.24, 2.45) is 0 Å². The molecule has 4 nitrogen and oxygen atoms in total. The van der Waals surface area contributed by atoms with E-state index >= 15 is 0 Å². The second-order valence-electron chi connectivity index (χ2n) is 3.93. The van der Waals surface area contributed by atoms with Gasteiger partial charge in [0, 0.05) is 17.9 Å². The lowest BCUT2D eigenvalue weighted by atomic mass is 10.3. The van der Waals surface area contributed by atoms with Gasteiger partial charge in [-0.05, 0) is 30.3 Å². The summed E-state index contributed by atoms with van der Waals surface area (Å²) in [6.45, 7) is -0.0137. The number of benzene rings is 1. The molecule has 0 spiro atoms. The molecule has 0 aliphatic heterocycles. The van der Waals surface area contributed by atoms with Crippen LogP contribution in [0.15, 0.2) is 34.5 Å². The fourth-order valence-electron chi connectivity index (χ4n) is 1.51. The first-order chi connectivity index (χ1) is 9.42. The molecule has 0 atom stereocenters. The molecule has 1 heterocycles. The van der Waals surface area contributed by atoms with Gasteiger partial charge >= 0.3 is 0 Å². The van der Waals surface area contributed by atoms with Crippen molar-refractivity contribution in [3.8, 4) is 0 Å². The fraction of sp³-hybridized carbons (Fsp3) is 0.167. The number of sulfonamides is 1. The maximum absolute atomic E-state index is 12.2. The summed E-state index contributed by atoms with van der Waals surface area (Å²) in [6.07, 6.45) is 0.437. The van der Waals surface area contributed by atoms with Crippen LogP contribution in [0.2, 0.25) is 10.0 Å². The summed E-state index contributed by atoms with van der Waals surface area (Å²) < 4.78 is 27.0. The summed E-state index contributed by atoms with van der Waals surface area (Å²) in [7, 11) is -3.66. The topological polar surface area (TPSA) is 66.4 Å². The quantitative estimate of drug-likeness (QED) is 0.867. The zero-order valence-corrected chi connectivity index (χ0v) is 13.3. The molecule has 108 valence electrons. The highest BCUT2D eigenvalue weighted by Crippen LogP contribution is 2.28. The number of halogens is 2. The summed E-state index contributed by atoms with van der Waals surface area (Å²) in [5, 5.41) is 9.47. The molecule has 0 amide bonds. The lowest BCUT2D eigenvalue weighted by Gasteiger charge is -2.07. The van der Waals surface area contributed by atoms with Crippen molar-refractivity contribution in [1.29, 1.82) is 0 Å². The summed E-state index contributed by atoms with van der Waals surface area (Å²) in [5.41, 5.74) is 0.344. The highest BCUT2D eigenvalue weighted by molar-refractivity contribution is 7.94. The maximum atomic E-state index is 12.2. The maximum Gasteiger partial charge on any atom is 0.271 e. The van der Waals surface area contributed by atoms with Gasteiger partial charge in [0.05, 0.1) is 15.7 Å². The average molecular weight is 352 g/mol. The Morgan fingerprint density at radius 1 is 1.15 bits per heavy atom. The third-order valence-electron chi connectivity index (χ3n) is 2.43. The SMILES string of the molecule is O=S(=O)(Nc1ccc(Cl)c(Cl)c1)c1ccc(CCO)s1. The second kappa shape index (κ2) is 6.32. The number of nitrogens with one attached hydrogen (secondary N) is 1. The lowest BCUT2D eigenvalue weighted by Crippen LogP contribution is -2.11. The normalized spacial score (nSPS) is 11.6. The summed E-state index contributed by atoms with van der Waals surface area (Å²) in [4.78, 5) is 0.807. The van der Waals surface area contributed by atoms with Gasteiger partial charge in [-0.1, -0.05) is 23.2 Å². The van der Waals surface area contributed by atoms with Crippen molar-refractivity contribution in [3.63, 3.8) is 0 Å². The van der Waals surface area contributed by atoms with Crippen molar-refractivity contribution < 1.29 is 13.5 Å². The van der Waals surface area contributed by atoms with E-state index in [4.69, 9.17) is 28.3 Å². The van der Waals surface area contributed by atoms with Crippen LogP contribution in [-0.4, -0.2) is 20.1 Å². The highest BCUT2D eigenvalue weighted by atomic mass is 35.5. The van der Waals surface area contributed by atoms with E-state index in [-0.39, 0.29) is 15.8 Å². The molecule has 20 heavy (non-hydrogen) atoms. The van der Waals surface area contributed by atoms with Crippen LogP contribution in [0.25, 0.3) is 0 Å². The second-order valence-corrected chi connectivity index (χ2v) is 7.82. The van der Waals surface area contributed by atoms with Crippen LogP contribution in [-0.2, 0) is 16.4 Å². The molecule has 0 aliphatic rings. The first-order valence-corrected chi connectivity index (χ1v) is 8.65. The van der Waals surface area contributed by atoms with Gasteiger partial charge in [-0.25, -0.2) is 8.42 Å². The van der Waals surface area contributed by atoms with Crippen LogP contribution >= 0.6 is 34.5 Å². The molecular weight excluding hydrogens is 341 g/mol. The van der Waals surface area contributed by atoms with Gasteiger partial charge in [0.15, 0.2) is 0 Å². The van der Waals surface area contributed by atoms with Crippen LogP contribution in [0.4, 0.5) is 5.69 Å². The molecule has 0 fully saturated rings. The van der Waals surface area contributed by atoms with Crippen LogP contribution in [0, 0.1) is 0 Å². The van der Waals surface area contributed by atoms with E-state index in [1.807, 2.05) is 0 Å². The van der Waals surface area contributed by atoms with Crippen molar-refractivity contribution in [2.75, 3.05) is 11.3 Å². The first kappa shape index (κ1) is 15.6. The van der Waals surface area contributed by atoms with Crippen molar-refractivity contribution in [3.05, 3.63) is 45.3 Å². The monoisotopic (exact) mass is 351 g/mol. The van der Waals surface area contributed by atoms with E-state index in [1.165, 1.54) is 24.3 Å². The van der Waals surface area contributed by atoms with E-state index < -0.39 is 10.0 Å². The van der Waals surface area contributed by atoms with Crippen LogP contribution in [0.5, 0.6) is 0 Å². The molecule has 2 aromatic rings. The molecular formula is C12H11Cl2NO3S2. The Morgan fingerprint density at radius 2 is 1.90 bits per heavy atom. The lowest BCUT2D eigenvalue weighted by molar-refractivity contribution is 0.300. The number of aliphatic hydroxyl groups is 1. The summed E-state index contributed by atoms with van der Waals surface area (Å²) in [6, 6.07) is 7.70. The van der Waals surface area contributed by atoms with Gasteiger partial charge in [0.2, 0.25) is 0 Å². The van der Waals surface area contributed by atoms with Gasteiger partial charge in [0.25, 0.3) is 10.0 Å². The minimum atomic E-state index is -3.66. The molecule has 0 bridgehead atoms. The number of aliphatic hydroxyl groups excluding tert-OH is 1. The number of hydrogen-bond donors (Lipinski definition) is 2. The number of thiophene rings is 1. The largest absolute Gasteiger partial charge is 0.396 e. The molecule has 1 aromatic heterocycles. The Morgan fingerprint density at radius 3 is 2.55 bits per heavy atom. The van der Waals surface area contributed by atoms with Crippen molar-refractivity contribution in [1.82, 2.24) is 0 Å². The summed E-state index contributed by atoms with van der Waals surface area (Å²) >= 11 is 12.7. The minimum absolute atomic E-state index is 0.0137. The van der Waals surface area contributed by atoms with E-state index in [9.17, 15) is 8.42 Å². The molecule has 0 saturated carbocycles. The van der Waals surface area contributed by atoms with E-state index in [1.54, 1.807) is 6.07 Å². The van der Waals surface area contributed by atoms with E-state index in [0.29, 0.717) is 17.1 Å². The molecule has 0 saturated heterocycles. The molecule has 2 N–H and O–H groups in total.